The van der Waals surface area contributed by atoms with Crippen molar-refractivity contribution in [3.8, 4) is 0 Å². The van der Waals surface area contributed by atoms with Crippen LogP contribution in [0, 0.1) is 11.3 Å². The molecule has 4 nitrogen and oxygen atoms in total. The zero-order valence-electron chi connectivity index (χ0n) is 12.8. The molecule has 2 aliphatic rings. The van der Waals surface area contributed by atoms with E-state index >= 15 is 0 Å². The lowest BCUT2D eigenvalue weighted by atomic mass is 9.57. The van der Waals surface area contributed by atoms with Gasteiger partial charge in [-0.25, -0.2) is 0 Å². The number of fused-ring (bicyclic) bond motifs is 1. The highest BCUT2D eigenvalue weighted by molar-refractivity contribution is 14.0. The van der Waals surface area contributed by atoms with E-state index in [4.69, 9.17) is 4.74 Å². The maximum absolute atomic E-state index is 5.83. The summed E-state index contributed by atoms with van der Waals surface area (Å²) < 4.78 is 5.83. The van der Waals surface area contributed by atoms with Gasteiger partial charge in [0.25, 0.3) is 0 Å². The lowest BCUT2D eigenvalue weighted by molar-refractivity contribution is -0.106. The molecule has 1 aliphatic carbocycles. The van der Waals surface area contributed by atoms with E-state index in [-0.39, 0.29) is 29.4 Å². The van der Waals surface area contributed by atoms with Gasteiger partial charge in [0.05, 0.1) is 12.6 Å². The Kier molecular flexibility index (Phi) is 5.54. The Morgan fingerprint density at radius 3 is 3.00 bits per heavy atom. The minimum Gasteiger partial charge on any atom is -0.377 e. The van der Waals surface area contributed by atoms with Crippen molar-refractivity contribution in [3.05, 3.63) is 22.4 Å². The average molecular weight is 421 g/mol. The third-order valence-electron chi connectivity index (χ3n) is 4.63. The van der Waals surface area contributed by atoms with Crippen LogP contribution in [0.3, 0.4) is 0 Å². The Balaban J connectivity index is 0.00000161. The molecule has 0 spiro atoms. The smallest absolute Gasteiger partial charge is 0.191 e. The van der Waals surface area contributed by atoms with Crippen LogP contribution in [0.4, 0.5) is 0 Å². The molecule has 3 rings (SSSR count). The Labute approximate surface area is 147 Å². The summed E-state index contributed by atoms with van der Waals surface area (Å²) in [6.45, 7) is 6.29. The molecule has 3 atom stereocenters. The molecular weight excluding hydrogens is 397 g/mol. The molecule has 1 aromatic heterocycles. The van der Waals surface area contributed by atoms with E-state index in [1.54, 1.807) is 11.3 Å². The number of nitrogens with zero attached hydrogens (tertiary/aromatic N) is 1. The zero-order chi connectivity index (χ0) is 14.2. The van der Waals surface area contributed by atoms with Crippen LogP contribution in [0.25, 0.3) is 0 Å². The summed E-state index contributed by atoms with van der Waals surface area (Å²) in [4.78, 5) is 5.67. The van der Waals surface area contributed by atoms with E-state index < -0.39 is 0 Å². The lowest BCUT2D eigenvalue weighted by Gasteiger charge is -2.54. The van der Waals surface area contributed by atoms with Gasteiger partial charge in [0.15, 0.2) is 5.96 Å². The van der Waals surface area contributed by atoms with Crippen molar-refractivity contribution in [1.29, 1.82) is 0 Å². The minimum absolute atomic E-state index is 0. The van der Waals surface area contributed by atoms with Crippen LogP contribution in [-0.4, -0.2) is 31.8 Å². The van der Waals surface area contributed by atoms with E-state index in [1.807, 2.05) is 7.05 Å². The monoisotopic (exact) mass is 421 g/mol. The highest BCUT2D eigenvalue weighted by Gasteiger charge is 2.59. The van der Waals surface area contributed by atoms with Crippen molar-refractivity contribution < 1.29 is 4.74 Å². The number of aliphatic imine (C=N–C) groups is 1. The Morgan fingerprint density at radius 1 is 1.52 bits per heavy atom. The highest BCUT2D eigenvalue weighted by Crippen LogP contribution is 2.52. The van der Waals surface area contributed by atoms with Gasteiger partial charge in [0, 0.05) is 35.9 Å². The molecule has 1 saturated heterocycles. The molecule has 1 aliphatic heterocycles. The van der Waals surface area contributed by atoms with Gasteiger partial charge in [-0.1, -0.05) is 19.9 Å². The first-order chi connectivity index (χ1) is 9.63. The predicted molar refractivity (Wildman–Crippen MR) is 98.5 cm³/mol. The van der Waals surface area contributed by atoms with Gasteiger partial charge < -0.3 is 15.4 Å². The number of guanidine groups is 1. The zero-order valence-corrected chi connectivity index (χ0v) is 15.9. The Bertz CT molecular complexity index is 489. The first-order valence-electron chi connectivity index (χ1n) is 7.24. The SMILES string of the molecule is CN=C(NCc1cccs1)NC1C2CCOC2C1(C)C.I. The molecule has 3 unspecified atom stereocenters. The average Bonchev–Trinajstić information content (AvgIpc) is 3.08. The number of nitrogens with one attached hydrogen (secondary N) is 2. The summed E-state index contributed by atoms with van der Waals surface area (Å²) in [7, 11) is 1.83. The van der Waals surface area contributed by atoms with E-state index in [2.05, 4.69) is 47.0 Å². The normalized spacial score (nSPS) is 30.0. The summed E-state index contributed by atoms with van der Waals surface area (Å²) in [5, 5.41) is 9.09. The molecule has 6 heteroatoms. The maximum Gasteiger partial charge on any atom is 0.191 e. The van der Waals surface area contributed by atoms with Gasteiger partial charge in [-0.3, -0.25) is 4.99 Å². The largest absolute Gasteiger partial charge is 0.377 e. The fourth-order valence-corrected chi connectivity index (χ4v) is 4.19. The molecular formula is C15H24IN3OS. The van der Waals surface area contributed by atoms with Crippen LogP contribution >= 0.6 is 35.3 Å². The molecule has 1 saturated carbocycles. The molecule has 2 fully saturated rings. The first kappa shape index (κ1) is 17.0. The summed E-state index contributed by atoms with van der Waals surface area (Å²) in [5.74, 6) is 1.52. The third kappa shape index (κ3) is 3.22. The van der Waals surface area contributed by atoms with Crippen molar-refractivity contribution in [1.82, 2.24) is 10.6 Å². The van der Waals surface area contributed by atoms with Crippen LogP contribution in [0.2, 0.25) is 0 Å². The fourth-order valence-electron chi connectivity index (χ4n) is 3.54. The van der Waals surface area contributed by atoms with Crippen LogP contribution in [0.5, 0.6) is 0 Å². The van der Waals surface area contributed by atoms with Crippen molar-refractivity contribution in [2.45, 2.75) is 39.0 Å². The summed E-state index contributed by atoms with van der Waals surface area (Å²) in [6.07, 6.45) is 1.57. The number of hydrogen-bond acceptors (Lipinski definition) is 3. The molecule has 0 amide bonds. The van der Waals surface area contributed by atoms with Gasteiger partial charge in [0.2, 0.25) is 0 Å². The van der Waals surface area contributed by atoms with Crippen molar-refractivity contribution in [3.63, 3.8) is 0 Å². The maximum atomic E-state index is 5.83. The van der Waals surface area contributed by atoms with Crippen molar-refractivity contribution in [2.75, 3.05) is 13.7 Å². The summed E-state index contributed by atoms with van der Waals surface area (Å²) >= 11 is 1.76. The topological polar surface area (TPSA) is 45.7 Å². The molecule has 118 valence electrons. The highest BCUT2D eigenvalue weighted by atomic mass is 127. The quantitative estimate of drug-likeness (QED) is 0.448. The van der Waals surface area contributed by atoms with Crippen molar-refractivity contribution >= 4 is 41.3 Å². The lowest BCUT2D eigenvalue weighted by Crippen LogP contribution is -2.67. The Morgan fingerprint density at radius 2 is 2.33 bits per heavy atom. The molecule has 2 heterocycles. The van der Waals surface area contributed by atoms with Gasteiger partial charge in [0.1, 0.15) is 0 Å². The van der Waals surface area contributed by atoms with Crippen LogP contribution in [0.1, 0.15) is 25.1 Å². The Hall–Kier alpha value is -0.340. The minimum atomic E-state index is 0. The summed E-state index contributed by atoms with van der Waals surface area (Å²) in [6, 6.07) is 4.66. The van der Waals surface area contributed by atoms with Gasteiger partial charge in [-0.15, -0.1) is 35.3 Å². The number of halogens is 1. The van der Waals surface area contributed by atoms with E-state index in [9.17, 15) is 0 Å². The molecule has 0 aromatic carbocycles. The van der Waals surface area contributed by atoms with Gasteiger partial charge in [-0.2, -0.15) is 0 Å². The molecule has 1 aromatic rings. The van der Waals surface area contributed by atoms with Gasteiger partial charge in [-0.05, 0) is 17.9 Å². The molecule has 0 radical (unpaired) electrons. The summed E-state index contributed by atoms with van der Waals surface area (Å²) in [5.41, 5.74) is 0.182. The van der Waals surface area contributed by atoms with Crippen molar-refractivity contribution in [2.24, 2.45) is 16.3 Å². The molecule has 21 heavy (non-hydrogen) atoms. The standard InChI is InChI=1S/C15H23N3OS.HI/c1-15(2)12(11-6-7-19-13(11)15)18-14(16-3)17-9-10-5-4-8-20-10;/h4-5,8,11-13H,6-7,9H2,1-3H3,(H2,16,17,18);1H. The van der Waals surface area contributed by atoms with E-state index in [0.717, 1.165) is 25.5 Å². The van der Waals surface area contributed by atoms with Crippen LogP contribution in [0.15, 0.2) is 22.5 Å². The predicted octanol–water partition coefficient (Wildman–Crippen LogP) is 2.84. The van der Waals surface area contributed by atoms with E-state index in [1.165, 1.54) is 4.88 Å². The number of rotatable bonds is 3. The van der Waals surface area contributed by atoms with Crippen LogP contribution < -0.4 is 10.6 Å². The fraction of sp³-hybridized carbons (Fsp3) is 0.667. The second kappa shape index (κ2) is 6.83. The number of thiophene rings is 1. The third-order valence-corrected chi connectivity index (χ3v) is 5.50. The first-order valence-corrected chi connectivity index (χ1v) is 8.12. The number of hydrogen-bond donors (Lipinski definition) is 2. The van der Waals surface area contributed by atoms with Gasteiger partial charge >= 0.3 is 0 Å². The van der Waals surface area contributed by atoms with Crippen LogP contribution in [-0.2, 0) is 11.3 Å². The second-order valence-corrected chi connectivity index (χ2v) is 7.22. The second-order valence-electron chi connectivity index (χ2n) is 6.19. The molecule has 0 bridgehead atoms. The molecule has 2 N–H and O–H groups in total. The number of ether oxygens (including phenoxy) is 1. The van der Waals surface area contributed by atoms with E-state index in [0.29, 0.717) is 18.1 Å².